The maximum atomic E-state index is 8.54. The first-order chi connectivity index (χ1) is 4.72. The Labute approximate surface area is 73.0 Å². The first-order valence-corrected chi connectivity index (χ1v) is 4.42. The van der Waals surface area contributed by atoms with E-state index in [-0.39, 0.29) is 17.1 Å². The van der Waals surface area contributed by atoms with Crippen LogP contribution in [-0.2, 0) is 0 Å². The third kappa shape index (κ3) is 4.44. The molecule has 2 atom stereocenters. The number of thiol groups is 2. The Morgan fingerprint density at radius 2 is 1.70 bits per heavy atom. The second kappa shape index (κ2) is 6.34. The monoisotopic (exact) mass is 181 g/mol. The minimum Gasteiger partial charge on any atom is -0.396 e. The minimum absolute atomic E-state index is 0.164. The van der Waals surface area contributed by atoms with Gasteiger partial charge in [0.25, 0.3) is 0 Å². The molecular formula is C6H15NOS2. The van der Waals surface area contributed by atoms with Crippen molar-refractivity contribution in [3.63, 3.8) is 0 Å². The first-order valence-electron chi connectivity index (χ1n) is 3.39. The second-order valence-electron chi connectivity index (χ2n) is 2.22. The van der Waals surface area contributed by atoms with E-state index in [4.69, 9.17) is 10.8 Å². The molecule has 0 aliphatic carbocycles. The van der Waals surface area contributed by atoms with Gasteiger partial charge in [0.05, 0.1) is 0 Å². The molecule has 10 heavy (non-hydrogen) atoms. The van der Waals surface area contributed by atoms with Crippen LogP contribution in [0, 0.1) is 0 Å². The van der Waals surface area contributed by atoms with Crippen LogP contribution in [0.3, 0.4) is 0 Å². The fraction of sp³-hybridized carbons (Fsp3) is 1.00. The van der Waals surface area contributed by atoms with Gasteiger partial charge in [-0.1, -0.05) is 0 Å². The van der Waals surface area contributed by atoms with Gasteiger partial charge in [-0.25, -0.2) is 0 Å². The summed E-state index contributed by atoms with van der Waals surface area (Å²) in [5, 5.41) is 8.91. The van der Waals surface area contributed by atoms with Crippen LogP contribution in [0.2, 0.25) is 0 Å². The van der Waals surface area contributed by atoms with Crippen LogP contribution in [0.1, 0.15) is 12.8 Å². The molecule has 0 radical (unpaired) electrons. The smallest absolute Gasteiger partial charge is 0.0441 e. The van der Waals surface area contributed by atoms with Gasteiger partial charge in [-0.3, -0.25) is 0 Å². The van der Waals surface area contributed by atoms with Gasteiger partial charge in [0.1, 0.15) is 0 Å². The number of hydrogen-bond acceptors (Lipinski definition) is 4. The van der Waals surface area contributed by atoms with Crippen LogP contribution in [0.25, 0.3) is 0 Å². The zero-order valence-corrected chi connectivity index (χ0v) is 7.69. The summed E-state index contributed by atoms with van der Waals surface area (Å²) >= 11 is 8.52. The van der Waals surface area contributed by atoms with Crippen molar-refractivity contribution in [2.75, 3.05) is 13.2 Å². The van der Waals surface area contributed by atoms with E-state index in [0.29, 0.717) is 13.0 Å². The van der Waals surface area contributed by atoms with Crippen LogP contribution in [0.5, 0.6) is 0 Å². The van der Waals surface area contributed by atoms with E-state index in [0.717, 1.165) is 6.42 Å². The summed E-state index contributed by atoms with van der Waals surface area (Å²) in [5.41, 5.74) is 5.32. The average molecular weight is 181 g/mol. The highest BCUT2D eigenvalue weighted by atomic mass is 32.1. The van der Waals surface area contributed by atoms with Crippen LogP contribution < -0.4 is 5.73 Å². The largest absolute Gasteiger partial charge is 0.396 e. The average Bonchev–Trinajstić information content (AvgIpc) is 1.89. The number of hydrogen-bond donors (Lipinski definition) is 4. The van der Waals surface area contributed by atoms with Gasteiger partial charge in [0.15, 0.2) is 0 Å². The highest BCUT2D eigenvalue weighted by Gasteiger charge is 2.11. The lowest BCUT2D eigenvalue weighted by Gasteiger charge is -2.15. The van der Waals surface area contributed by atoms with Crippen molar-refractivity contribution < 1.29 is 5.11 Å². The zero-order valence-electron chi connectivity index (χ0n) is 5.90. The Bertz CT molecular complexity index is 72.1. The summed E-state index contributed by atoms with van der Waals surface area (Å²) in [6.45, 7) is 0.812. The van der Waals surface area contributed by atoms with Crippen molar-refractivity contribution in [2.45, 2.75) is 23.3 Å². The third-order valence-corrected chi connectivity index (χ3v) is 2.80. The molecule has 0 amide bonds. The van der Waals surface area contributed by atoms with Crippen LogP contribution >= 0.6 is 25.3 Å². The molecule has 4 heteroatoms. The molecular weight excluding hydrogens is 166 g/mol. The van der Waals surface area contributed by atoms with Gasteiger partial charge >= 0.3 is 0 Å². The molecule has 0 bridgehead atoms. The number of rotatable bonds is 5. The summed E-state index contributed by atoms with van der Waals surface area (Å²) in [6.07, 6.45) is 1.55. The summed E-state index contributed by atoms with van der Waals surface area (Å²) in [6, 6.07) is 0. The Balaban J connectivity index is 3.38. The minimum atomic E-state index is 0.164. The SMILES string of the molecule is NCCC(S)C(S)CCO. The third-order valence-electron chi connectivity index (χ3n) is 1.33. The predicted molar refractivity (Wildman–Crippen MR) is 50.9 cm³/mol. The molecule has 0 fully saturated rings. The predicted octanol–water partition coefficient (Wildman–Crippen LogP) is 0.314. The molecule has 0 heterocycles. The van der Waals surface area contributed by atoms with E-state index in [9.17, 15) is 0 Å². The van der Waals surface area contributed by atoms with Crippen molar-refractivity contribution in [1.82, 2.24) is 0 Å². The van der Waals surface area contributed by atoms with Crippen molar-refractivity contribution in [3.05, 3.63) is 0 Å². The molecule has 0 saturated carbocycles. The maximum Gasteiger partial charge on any atom is 0.0441 e. The lowest BCUT2D eigenvalue weighted by molar-refractivity contribution is 0.286. The van der Waals surface area contributed by atoms with Gasteiger partial charge in [-0.2, -0.15) is 25.3 Å². The van der Waals surface area contributed by atoms with Gasteiger partial charge in [0, 0.05) is 17.1 Å². The van der Waals surface area contributed by atoms with Crippen molar-refractivity contribution in [3.8, 4) is 0 Å². The van der Waals surface area contributed by atoms with Gasteiger partial charge in [-0.05, 0) is 19.4 Å². The molecule has 0 saturated heterocycles. The zero-order chi connectivity index (χ0) is 7.98. The Morgan fingerprint density at radius 1 is 1.20 bits per heavy atom. The maximum absolute atomic E-state index is 8.54. The molecule has 2 nitrogen and oxygen atoms in total. The summed E-state index contributed by atoms with van der Waals surface area (Å²) in [5.74, 6) is 0. The topological polar surface area (TPSA) is 46.2 Å². The van der Waals surface area contributed by atoms with Crippen molar-refractivity contribution >= 4 is 25.3 Å². The number of nitrogens with two attached hydrogens (primary N) is 1. The molecule has 2 unspecified atom stereocenters. The Morgan fingerprint density at radius 3 is 2.10 bits per heavy atom. The van der Waals surface area contributed by atoms with Gasteiger partial charge in [0.2, 0.25) is 0 Å². The summed E-state index contributed by atoms with van der Waals surface area (Å²) in [4.78, 5) is 0. The normalized spacial score (nSPS) is 16.8. The van der Waals surface area contributed by atoms with Gasteiger partial charge in [-0.15, -0.1) is 0 Å². The van der Waals surface area contributed by atoms with E-state index in [2.05, 4.69) is 25.3 Å². The van der Waals surface area contributed by atoms with E-state index in [1.165, 1.54) is 0 Å². The molecule has 0 aromatic carbocycles. The molecule has 0 spiro atoms. The lowest BCUT2D eigenvalue weighted by Crippen LogP contribution is -2.20. The lowest BCUT2D eigenvalue weighted by atomic mass is 10.2. The Kier molecular flexibility index (Phi) is 6.73. The van der Waals surface area contributed by atoms with Crippen molar-refractivity contribution in [2.24, 2.45) is 5.73 Å². The molecule has 0 aromatic heterocycles. The number of aliphatic hydroxyl groups excluding tert-OH is 1. The van der Waals surface area contributed by atoms with E-state index in [1.54, 1.807) is 0 Å². The second-order valence-corrected chi connectivity index (χ2v) is 3.55. The van der Waals surface area contributed by atoms with Crippen LogP contribution in [0.15, 0.2) is 0 Å². The van der Waals surface area contributed by atoms with Gasteiger partial charge < -0.3 is 10.8 Å². The van der Waals surface area contributed by atoms with E-state index < -0.39 is 0 Å². The quantitative estimate of drug-likeness (QED) is 0.462. The highest BCUT2D eigenvalue weighted by Crippen LogP contribution is 2.14. The summed E-state index contributed by atoms with van der Waals surface area (Å²) < 4.78 is 0. The molecule has 0 rings (SSSR count). The first kappa shape index (κ1) is 10.6. The van der Waals surface area contributed by atoms with Crippen LogP contribution in [-0.4, -0.2) is 28.8 Å². The number of aliphatic hydroxyl groups is 1. The Hall–Kier alpha value is 0.620. The van der Waals surface area contributed by atoms with E-state index >= 15 is 0 Å². The fourth-order valence-corrected chi connectivity index (χ4v) is 1.25. The highest BCUT2D eigenvalue weighted by molar-refractivity contribution is 7.85. The standard InChI is InChI=1S/C6H15NOS2/c7-3-1-5(9)6(10)2-4-8/h5-6,8-10H,1-4,7H2. The van der Waals surface area contributed by atoms with E-state index in [1.807, 2.05) is 0 Å². The fourth-order valence-electron chi connectivity index (χ4n) is 0.688. The van der Waals surface area contributed by atoms with Crippen LogP contribution in [0.4, 0.5) is 0 Å². The molecule has 0 aliphatic rings. The molecule has 0 aromatic rings. The molecule has 0 aliphatic heterocycles. The van der Waals surface area contributed by atoms with Crippen molar-refractivity contribution in [1.29, 1.82) is 0 Å². The molecule has 62 valence electrons. The summed E-state index contributed by atoms with van der Waals surface area (Å²) in [7, 11) is 0. The molecule has 3 N–H and O–H groups in total.